The second-order valence-electron chi connectivity index (χ2n) is 3.48. The van der Waals surface area contributed by atoms with Crippen molar-refractivity contribution in [2.45, 2.75) is 19.8 Å². The first kappa shape index (κ1) is 14.1. The van der Waals surface area contributed by atoms with E-state index in [1.807, 2.05) is 6.92 Å². The maximum Gasteiger partial charge on any atom is 0.224 e. The van der Waals surface area contributed by atoms with E-state index in [9.17, 15) is 9.18 Å². The zero-order chi connectivity index (χ0) is 12.7. The van der Waals surface area contributed by atoms with Crippen molar-refractivity contribution in [3.05, 3.63) is 28.5 Å². The van der Waals surface area contributed by atoms with E-state index in [1.165, 1.54) is 6.07 Å². The fourth-order valence-corrected chi connectivity index (χ4v) is 1.52. The van der Waals surface area contributed by atoms with Gasteiger partial charge in [0, 0.05) is 25.3 Å². The van der Waals surface area contributed by atoms with Crippen LogP contribution in [0.1, 0.15) is 19.8 Å². The predicted octanol–water partition coefficient (Wildman–Crippen LogP) is 3.34. The number of amides is 1. The van der Waals surface area contributed by atoms with Crippen molar-refractivity contribution in [1.29, 1.82) is 0 Å². The molecule has 1 rings (SSSR count). The summed E-state index contributed by atoms with van der Waals surface area (Å²) in [5.41, 5.74) is 0.465. The Morgan fingerprint density at radius 2 is 2.29 bits per heavy atom. The molecule has 3 nitrogen and oxygen atoms in total. The highest BCUT2D eigenvalue weighted by Crippen LogP contribution is 2.19. The Morgan fingerprint density at radius 3 is 2.94 bits per heavy atom. The van der Waals surface area contributed by atoms with Crippen molar-refractivity contribution in [2.24, 2.45) is 0 Å². The van der Waals surface area contributed by atoms with Crippen molar-refractivity contribution in [1.82, 2.24) is 0 Å². The smallest absolute Gasteiger partial charge is 0.224 e. The second-order valence-corrected chi connectivity index (χ2v) is 4.33. The second kappa shape index (κ2) is 7.40. The van der Waals surface area contributed by atoms with Gasteiger partial charge in [0.25, 0.3) is 0 Å². The zero-order valence-electron chi connectivity index (χ0n) is 9.63. The van der Waals surface area contributed by atoms with Gasteiger partial charge in [-0.15, -0.1) is 0 Å². The molecule has 0 aliphatic carbocycles. The summed E-state index contributed by atoms with van der Waals surface area (Å²) in [5.74, 6) is -0.524. The molecule has 1 amide bonds. The number of hydrogen-bond donors (Lipinski definition) is 1. The van der Waals surface area contributed by atoms with Gasteiger partial charge in [-0.1, -0.05) is 0 Å². The van der Waals surface area contributed by atoms with Crippen LogP contribution in [0.5, 0.6) is 0 Å². The average Bonchev–Trinajstić information content (AvgIpc) is 2.30. The van der Waals surface area contributed by atoms with Crippen LogP contribution in [0, 0.1) is 5.82 Å². The third kappa shape index (κ3) is 5.28. The molecule has 0 aliphatic rings. The lowest BCUT2D eigenvalue weighted by molar-refractivity contribution is -0.116. The first-order valence-electron chi connectivity index (χ1n) is 5.46. The molecule has 5 heteroatoms. The lowest BCUT2D eigenvalue weighted by atomic mass is 10.2. The first-order chi connectivity index (χ1) is 8.13. The molecule has 0 spiro atoms. The lowest BCUT2D eigenvalue weighted by Gasteiger charge is -2.06. The summed E-state index contributed by atoms with van der Waals surface area (Å²) in [6.45, 7) is 3.13. The van der Waals surface area contributed by atoms with E-state index in [-0.39, 0.29) is 5.91 Å². The van der Waals surface area contributed by atoms with Crippen LogP contribution in [0.25, 0.3) is 0 Å². The normalized spacial score (nSPS) is 10.3. The molecule has 1 aromatic carbocycles. The van der Waals surface area contributed by atoms with E-state index >= 15 is 0 Å². The molecule has 0 saturated heterocycles. The Kier molecular flexibility index (Phi) is 6.15. The van der Waals surface area contributed by atoms with Gasteiger partial charge in [-0.3, -0.25) is 4.79 Å². The van der Waals surface area contributed by atoms with E-state index in [2.05, 4.69) is 21.2 Å². The Morgan fingerprint density at radius 1 is 1.53 bits per heavy atom. The minimum absolute atomic E-state index is 0.133. The maximum absolute atomic E-state index is 13.2. The van der Waals surface area contributed by atoms with Crippen molar-refractivity contribution < 1.29 is 13.9 Å². The minimum atomic E-state index is -0.392. The number of anilines is 1. The van der Waals surface area contributed by atoms with Crippen LogP contribution in [0.4, 0.5) is 10.1 Å². The van der Waals surface area contributed by atoms with Crippen molar-refractivity contribution in [3.8, 4) is 0 Å². The maximum atomic E-state index is 13.2. The van der Waals surface area contributed by atoms with Crippen LogP contribution < -0.4 is 5.32 Å². The van der Waals surface area contributed by atoms with Gasteiger partial charge in [-0.05, 0) is 47.5 Å². The van der Waals surface area contributed by atoms with Gasteiger partial charge in [0.15, 0.2) is 0 Å². The third-order valence-electron chi connectivity index (χ3n) is 2.10. The topological polar surface area (TPSA) is 38.3 Å². The van der Waals surface area contributed by atoms with Crippen LogP contribution in [0.3, 0.4) is 0 Å². The zero-order valence-corrected chi connectivity index (χ0v) is 11.2. The van der Waals surface area contributed by atoms with Gasteiger partial charge >= 0.3 is 0 Å². The van der Waals surface area contributed by atoms with Crippen LogP contribution in [0.15, 0.2) is 22.7 Å². The van der Waals surface area contributed by atoms with Crippen molar-refractivity contribution >= 4 is 27.5 Å². The largest absolute Gasteiger partial charge is 0.382 e. The van der Waals surface area contributed by atoms with Gasteiger partial charge in [0.2, 0.25) is 5.91 Å². The SMILES string of the molecule is CCOCCCC(=O)Nc1ccc(Br)c(F)c1. The number of ether oxygens (including phenoxy) is 1. The van der Waals surface area contributed by atoms with E-state index in [1.54, 1.807) is 12.1 Å². The number of nitrogens with one attached hydrogen (secondary N) is 1. The summed E-state index contributed by atoms with van der Waals surface area (Å²) in [4.78, 5) is 11.5. The summed E-state index contributed by atoms with van der Waals surface area (Å²) < 4.78 is 18.7. The Labute approximate surface area is 108 Å². The number of halogens is 2. The average molecular weight is 304 g/mol. The summed E-state index contributed by atoms with van der Waals surface area (Å²) in [5, 5.41) is 2.63. The van der Waals surface area contributed by atoms with Gasteiger partial charge < -0.3 is 10.1 Å². The number of carbonyl (C=O) groups is 1. The lowest BCUT2D eigenvalue weighted by Crippen LogP contribution is -2.12. The molecule has 0 aromatic heterocycles. The van der Waals surface area contributed by atoms with Gasteiger partial charge in [-0.25, -0.2) is 4.39 Å². The Hall–Kier alpha value is -0.940. The van der Waals surface area contributed by atoms with Crippen molar-refractivity contribution in [3.63, 3.8) is 0 Å². The molecule has 0 heterocycles. The summed E-state index contributed by atoms with van der Waals surface area (Å²) in [6, 6.07) is 4.49. The summed E-state index contributed by atoms with van der Waals surface area (Å²) >= 11 is 3.05. The molecule has 0 unspecified atom stereocenters. The molecule has 1 aromatic rings. The molecule has 0 saturated carbocycles. The summed E-state index contributed by atoms with van der Waals surface area (Å²) in [7, 11) is 0. The Bertz CT molecular complexity index is 385. The van der Waals surface area contributed by atoms with E-state index in [0.717, 1.165) is 0 Å². The molecule has 0 aliphatic heterocycles. The van der Waals surface area contributed by atoms with Gasteiger partial charge in [-0.2, -0.15) is 0 Å². The highest BCUT2D eigenvalue weighted by molar-refractivity contribution is 9.10. The third-order valence-corrected chi connectivity index (χ3v) is 2.74. The number of carbonyl (C=O) groups excluding carboxylic acids is 1. The Balaban J connectivity index is 2.37. The molecule has 0 radical (unpaired) electrons. The predicted molar refractivity (Wildman–Crippen MR) is 68.5 cm³/mol. The minimum Gasteiger partial charge on any atom is -0.382 e. The molecule has 0 bridgehead atoms. The molecule has 1 N–H and O–H groups in total. The fraction of sp³-hybridized carbons (Fsp3) is 0.417. The first-order valence-corrected chi connectivity index (χ1v) is 6.25. The van der Waals surface area contributed by atoms with Crippen LogP contribution in [0.2, 0.25) is 0 Å². The standard InChI is InChI=1S/C12H15BrFNO2/c1-2-17-7-3-4-12(16)15-9-5-6-10(13)11(14)8-9/h5-6,8H,2-4,7H2,1H3,(H,15,16). The van der Waals surface area contributed by atoms with E-state index < -0.39 is 5.82 Å². The van der Waals surface area contributed by atoms with E-state index in [0.29, 0.717) is 36.2 Å². The molecule has 0 atom stereocenters. The highest BCUT2D eigenvalue weighted by atomic mass is 79.9. The molecular formula is C12H15BrFNO2. The van der Waals surface area contributed by atoms with Crippen molar-refractivity contribution in [2.75, 3.05) is 18.5 Å². The number of benzene rings is 1. The number of rotatable bonds is 6. The van der Waals surface area contributed by atoms with Crippen LogP contribution in [-0.4, -0.2) is 19.1 Å². The van der Waals surface area contributed by atoms with Crippen LogP contribution in [-0.2, 0) is 9.53 Å². The number of hydrogen-bond acceptors (Lipinski definition) is 2. The molecular weight excluding hydrogens is 289 g/mol. The quantitative estimate of drug-likeness (QED) is 0.819. The van der Waals surface area contributed by atoms with Gasteiger partial charge in [0.05, 0.1) is 4.47 Å². The van der Waals surface area contributed by atoms with Gasteiger partial charge in [0.1, 0.15) is 5.82 Å². The summed E-state index contributed by atoms with van der Waals surface area (Å²) in [6.07, 6.45) is 1.04. The van der Waals surface area contributed by atoms with Crippen LogP contribution >= 0.6 is 15.9 Å². The highest BCUT2D eigenvalue weighted by Gasteiger charge is 2.04. The fourth-order valence-electron chi connectivity index (χ4n) is 1.28. The monoisotopic (exact) mass is 303 g/mol. The van der Waals surface area contributed by atoms with E-state index in [4.69, 9.17) is 4.74 Å². The molecule has 94 valence electrons. The molecule has 17 heavy (non-hydrogen) atoms. The molecule has 0 fully saturated rings.